The fraction of sp³-hybridized carbons (Fsp3) is 0.111. The molecule has 0 aliphatic heterocycles. The molecule has 0 atom stereocenters. The molecule has 0 fully saturated rings. The van der Waals surface area contributed by atoms with E-state index >= 15 is 0 Å². The van der Waals surface area contributed by atoms with Crippen molar-refractivity contribution in [1.29, 1.82) is 0 Å². The number of aryl methyl sites for hydroxylation is 1. The Hall–Kier alpha value is -0.450. The van der Waals surface area contributed by atoms with Crippen molar-refractivity contribution in [3.63, 3.8) is 0 Å². The molecule has 0 aliphatic carbocycles. The van der Waals surface area contributed by atoms with Gasteiger partial charge >= 0.3 is 0 Å². The number of halogens is 2. The van der Waals surface area contributed by atoms with Gasteiger partial charge in [-0.05, 0) is 52.1 Å². The molecule has 0 saturated carbocycles. The molecule has 2 aromatic rings. The van der Waals surface area contributed by atoms with Gasteiger partial charge in [-0.15, -0.1) is 0 Å². The smallest absolute Gasteiger partial charge is 0.209 e. The second-order valence-corrected chi connectivity index (χ2v) is 4.73. The standard InChI is InChI=1S/C9H6BrClN2S/c1-5-2-3-6(11)4-7(5)8-12-9(10)13-14-8/h2-4H,1H3. The lowest BCUT2D eigenvalue weighted by Gasteiger charge is -2.01. The van der Waals surface area contributed by atoms with Gasteiger partial charge in [0.2, 0.25) is 4.73 Å². The van der Waals surface area contributed by atoms with Gasteiger partial charge in [0.25, 0.3) is 0 Å². The summed E-state index contributed by atoms with van der Waals surface area (Å²) in [5.41, 5.74) is 2.19. The van der Waals surface area contributed by atoms with E-state index in [2.05, 4.69) is 25.3 Å². The third-order valence-corrected chi connectivity index (χ3v) is 3.40. The van der Waals surface area contributed by atoms with Crippen LogP contribution in [0.2, 0.25) is 5.02 Å². The first kappa shape index (κ1) is 10.1. The predicted octanol–water partition coefficient (Wildman–Crippen LogP) is 3.93. The van der Waals surface area contributed by atoms with Gasteiger partial charge in [-0.1, -0.05) is 17.7 Å². The molecule has 0 amide bonds. The second kappa shape index (κ2) is 3.96. The highest BCUT2D eigenvalue weighted by Gasteiger charge is 2.07. The van der Waals surface area contributed by atoms with Crippen LogP contribution in [0, 0.1) is 6.92 Å². The van der Waals surface area contributed by atoms with Crippen molar-refractivity contribution in [2.45, 2.75) is 6.92 Å². The summed E-state index contributed by atoms with van der Waals surface area (Å²) in [6, 6.07) is 5.76. The van der Waals surface area contributed by atoms with Crippen LogP contribution in [0.4, 0.5) is 0 Å². The summed E-state index contributed by atoms with van der Waals surface area (Å²) in [5, 5.41) is 1.61. The number of aromatic nitrogens is 2. The molecule has 0 spiro atoms. The first-order valence-corrected chi connectivity index (χ1v) is 5.87. The Morgan fingerprint density at radius 3 is 2.86 bits per heavy atom. The lowest BCUT2D eigenvalue weighted by Crippen LogP contribution is -1.81. The van der Waals surface area contributed by atoms with Crippen molar-refractivity contribution in [2.75, 3.05) is 0 Å². The molecule has 1 aromatic carbocycles. The van der Waals surface area contributed by atoms with Gasteiger partial charge in [-0.2, -0.15) is 4.37 Å². The molecule has 0 N–H and O–H groups in total. The van der Waals surface area contributed by atoms with Crippen LogP contribution in [0.25, 0.3) is 10.6 Å². The van der Waals surface area contributed by atoms with Crippen LogP contribution in [0.5, 0.6) is 0 Å². The number of benzene rings is 1. The largest absolute Gasteiger partial charge is 0.209 e. The van der Waals surface area contributed by atoms with Gasteiger partial charge in [-0.25, -0.2) is 4.98 Å². The summed E-state index contributed by atoms with van der Waals surface area (Å²) in [6.45, 7) is 2.03. The van der Waals surface area contributed by atoms with E-state index in [0.717, 1.165) is 21.2 Å². The Kier molecular flexibility index (Phi) is 2.85. The minimum Gasteiger partial charge on any atom is -0.209 e. The molecule has 2 rings (SSSR count). The summed E-state index contributed by atoms with van der Waals surface area (Å²) in [4.78, 5) is 4.25. The second-order valence-electron chi connectivity index (χ2n) is 2.83. The maximum atomic E-state index is 5.92. The highest BCUT2D eigenvalue weighted by molar-refractivity contribution is 9.10. The van der Waals surface area contributed by atoms with Crippen molar-refractivity contribution in [3.8, 4) is 10.6 Å². The van der Waals surface area contributed by atoms with Crippen LogP contribution < -0.4 is 0 Å². The van der Waals surface area contributed by atoms with Crippen molar-refractivity contribution >= 4 is 39.1 Å². The minimum atomic E-state index is 0.622. The molecule has 72 valence electrons. The number of nitrogens with zero attached hydrogens (tertiary/aromatic N) is 2. The average Bonchev–Trinajstić information content (AvgIpc) is 2.56. The minimum absolute atomic E-state index is 0.622. The lowest BCUT2D eigenvalue weighted by molar-refractivity contribution is 1.25. The molecule has 0 bridgehead atoms. The first-order chi connectivity index (χ1) is 6.66. The van der Waals surface area contributed by atoms with Crippen LogP contribution in [0.1, 0.15) is 5.56 Å². The average molecular weight is 290 g/mol. The fourth-order valence-electron chi connectivity index (χ4n) is 1.14. The summed E-state index contributed by atoms with van der Waals surface area (Å²) in [5.74, 6) is 0. The Bertz CT molecular complexity index is 470. The van der Waals surface area contributed by atoms with Gasteiger partial charge in [0.1, 0.15) is 5.01 Å². The van der Waals surface area contributed by atoms with Crippen molar-refractivity contribution in [3.05, 3.63) is 33.5 Å². The maximum Gasteiger partial charge on any atom is 0.209 e. The third kappa shape index (κ3) is 1.97. The summed E-state index contributed by atoms with van der Waals surface area (Å²) in [6.07, 6.45) is 0. The Morgan fingerprint density at radius 1 is 1.43 bits per heavy atom. The summed E-state index contributed by atoms with van der Waals surface area (Å²) < 4.78 is 4.69. The zero-order valence-electron chi connectivity index (χ0n) is 7.29. The maximum absolute atomic E-state index is 5.92. The van der Waals surface area contributed by atoms with Gasteiger partial charge in [0.05, 0.1) is 0 Å². The molecule has 0 aliphatic rings. The van der Waals surface area contributed by atoms with Gasteiger partial charge in [0, 0.05) is 10.6 Å². The van der Waals surface area contributed by atoms with E-state index in [-0.39, 0.29) is 0 Å². The zero-order chi connectivity index (χ0) is 10.1. The van der Waals surface area contributed by atoms with Gasteiger partial charge in [0.15, 0.2) is 0 Å². The Labute approximate surface area is 99.2 Å². The Morgan fingerprint density at radius 2 is 2.21 bits per heavy atom. The highest BCUT2D eigenvalue weighted by atomic mass is 79.9. The Balaban J connectivity index is 2.55. The molecular formula is C9H6BrClN2S. The molecule has 0 radical (unpaired) electrons. The molecule has 2 nitrogen and oxygen atoms in total. The van der Waals surface area contributed by atoms with Gasteiger partial charge in [-0.3, -0.25) is 0 Å². The number of rotatable bonds is 1. The van der Waals surface area contributed by atoms with Crippen LogP contribution in [0.3, 0.4) is 0 Å². The number of hydrogen-bond donors (Lipinski definition) is 0. The van der Waals surface area contributed by atoms with Crippen molar-refractivity contribution in [1.82, 2.24) is 9.36 Å². The zero-order valence-corrected chi connectivity index (χ0v) is 10.4. The van der Waals surface area contributed by atoms with Crippen molar-refractivity contribution in [2.24, 2.45) is 0 Å². The summed E-state index contributed by atoms with van der Waals surface area (Å²) in [7, 11) is 0. The quantitative estimate of drug-likeness (QED) is 0.795. The molecule has 14 heavy (non-hydrogen) atoms. The van der Waals surface area contributed by atoms with Crippen LogP contribution in [-0.2, 0) is 0 Å². The lowest BCUT2D eigenvalue weighted by atomic mass is 10.1. The van der Waals surface area contributed by atoms with Crippen LogP contribution in [0.15, 0.2) is 22.9 Å². The predicted molar refractivity (Wildman–Crippen MR) is 62.8 cm³/mol. The molecule has 1 aromatic heterocycles. The van der Waals surface area contributed by atoms with E-state index in [1.807, 2.05) is 25.1 Å². The molecule has 0 saturated heterocycles. The molecule has 1 heterocycles. The van der Waals surface area contributed by atoms with E-state index in [4.69, 9.17) is 11.6 Å². The normalized spacial score (nSPS) is 10.5. The van der Waals surface area contributed by atoms with E-state index in [0.29, 0.717) is 4.73 Å². The first-order valence-electron chi connectivity index (χ1n) is 3.92. The molecular weight excluding hydrogens is 284 g/mol. The van der Waals surface area contributed by atoms with E-state index in [1.165, 1.54) is 11.5 Å². The van der Waals surface area contributed by atoms with E-state index in [1.54, 1.807) is 0 Å². The SMILES string of the molecule is Cc1ccc(Cl)cc1-c1nc(Br)ns1. The highest BCUT2D eigenvalue weighted by Crippen LogP contribution is 2.28. The third-order valence-electron chi connectivity index (χ3n) is 1.83. The topological polar surface area (TPSA) is 25.8 Å². The summed E-state index contributed by atoms with van der Waals surface area (Å²) >= 11 is 10.5. The van der Waals surface area contributed by atoms with Crippen LogP contribution in [-0.4, -0.2) is 9.36 Å². The number of hydrogen-bond acceptors (Lipinski definition) is 3. The fourth-order valence-corrected chi connectivity index (χ4v) is 2.47. The monoisotopic (exact) mass is 288 g/mol. The molecule has 0 unspecified atom stereocenters. The molecule has 5 heteroatoms. The van der Waals surface area contributed by atoms with Crippen molar-refractivity contribution < 1.29 is 0 Å². The van der Waals surface area contributed by atoms with E-state index in [9.17, 15) is 0 Å². The van der Waals surface area contributed by atoms with E-state index < -0.39 is 0 Å². The van der Waals surface area contributed by atoms with Gasteiger partial charge < -0.3 is 0 Å². The van der Waals surface area contributed by atoms with Crippen LogP contribution >= 0.6 is 39.1 Å².